The number of carboxylic acids is 1. The van der Waals surface area contributed by atoms with Gasteiger partial charge in [0.15, 0.2) is 0 Å². The van der Waals surface area contributed by atoms with Crippen molar-refractivity contribution in [1.82, 2.24) is 4.90 Å². The van der Waals surface area contributed by atoms with E-state index >= 15 is 0 Å². The first kappa shape index (κ1) is 21.9. The van der Waals surface area contributed by atoms with E-state index in [4.69, 9.17) is 5.11 Å². The SMILES string of the molecule is CCCCCCCC[C@@H](C)N(CCCCCCC(=O)O)C(C)=O. The maximum Gasteiger partial charge on any atom is 0.303 e. The van der Waals surface area contributed by atoms with E-state index in [0.29, 0.717) is 6.04 Å². The van der Waals surface area contributed by atoms with Crippen molar-refractivity contribution >= 4 is 11.9 Å². The van der Waals surface area contributed by atoms with Crippen molar-refractivity contribution in [3.8, 4) is 0 Å². The van der Waals surface area contributed by atoms with E-state index in [1.165, 1.54) is 38.5 Å². The Balaban J connectivity index is 3.81. The van der Waals surface area contributed by atoms with Crippen LogP contribution in [0.1, 0.15) is 97.8 Å². The molecule has 0 radical (unpaired) electrons. The molecule has 0 bridgehead atoms. The summed E-state index contributed by atoms with van der Waals surface area (Å²) in [6, 6.07) is 0.317. The summed E-state index contributed by atoms with van der Waals surface area (Å²) in [5.41, 5.74) is 0. The van der Waals surface area contributed by atoms with Crippen molar-refractivity contribution in [2.45, 2.75) is 104 Å². The molecule has 0 aliphatic heterocycles. The largest absolute Gasteiger partial charge is 0.481 e. The second-order valence-corrected chi connectivity index (χ2v) is 6.68. The van der Waals surface area contributed by atoms with Crippen LogP contribution in [-0.4, -0.2) is 34.5 Å². The summed E-state index contributed by atoms with van der Waals surface area (Å²) >= 11 is 0. The molecule has 0 heterocycles. The van der Waals surface area contributed by atoms with Crippen molar-refractivity contribution in [3.05, 3.63) is 0 Å². The lowest BCUT2D eigenvalue weighted by Gasteiger charge is -2.28. The highest BCUT2D eigenvalue weighted by Crippen LogP contribution is 2.14. The normalized spacial score (nSPS) is 12.1. The van der Waals surface area contributed by atoms with Crippen LogP contribution in [0.3, 0.4) is 0 Å². The minimum atomic E-state index is -0.720. The first-order valence-corrected chi connectivity index (χ1v) is 9.48. The fraction of sp³-hybridized carbons (Fsp3) is 0.895. The Labute approximate surface area is 142 Å². The lowest BCUT2D eigenvalue weighted by atomic mass is 10.0. The second-order valence-electron chi connectivity index (χ2n) is 6.68. The van der Waals surface area contributed by atoms with Crippen molar-refractivity contribution in [2.24, 2.45) is 0 Å². The Kier molecular flexibility index (Phi) is 13.9. The van der Waals surface area contributed by atoms with Gasteiger partial charge in [0.1, 0.15) is 0 Å². The van der Waals surface area contributed by atoms with Gasteiger partial charge in [-0.15, -0.1) is 0 Å². The maximum atomic E-state index is 11.8. The van der Waals surface area contributed by atoms with E-state index < -0.39 is 5.97 Å². The predicted octanol–water partition coefficient (Wildman–Crippen LogP) is 5.01. The Bertz CT molecular complexity index is 318. The number of hydrogen-bond acceptors (Lipinski definition) is 2. The summed E-state index contributed by atoms with van der Waals surface area (Å²) in [5, 5.41) is 8.60. The lowest BCUT2D eigenvalue weighted by molar-refractivity contribution is -0.137. The minimum Gasteiger partial charge on any atom is -0.481 e. The molecule has 136 valence electrons. The second kappa shape index (κ2) is 14.5. The zero-order valence-corrected chi connectivity index (χ0v) is 15.5. The highest BCUT2D eigenvalue weighted by molar-refractivity contribution is 5.73. The topological polar surface area (TPSA) is 57.6 Å². The van der Waals surface area contributed by atoms with Gasteiger partial charge in [-0.1, -0.05) is 58.3 Å². The molecule has 0 aromatic heterocycles. The molecule has 23 heavy (non-hydrogen) atoms. The molecule has 0 saturated carbocycles. The summed E-state index contributed by atoms with van der Waals surface area (Å²) in [5.74, 6) is -0.558. The van der Waals surface area contributed by atoms with E-state index in [2.05, 4.69) is 13.8 Å². The number of hydrogen-bond donors (Lipinski definition) is 1. The van der Waals surface area contributed by atoms with E-state index in [-0.39, 0.29) is 12.3 Å². The summed E-state index contributed by atoms with van der Waals surface area (Å²) in [6.07, 6.45) is 12.7. The Morgan fingerprint density at radius 3 is 2.09 bits per heavy atom. The lowest BCUT2D eigenvalue weighted by Crippen LogP contribution is -2.37. The van der Waals surface area contributed by atoms with Gasteiger partial charge in [-0.05, 0) is 26.2 Å². The van der Waals surface area contributed by atoms with Gasteiger partial charge in [-0.2, -0.15) is 0 Å². The van der Waals surface area contributed by atoms with Crippen LogP contribution in [-0.2, 0) is 9.59 Å². The van der Waals surface area contributed by atoms with E-state index in [1.54, 1.807) is 6.92 Å². The summed E-state index contributed by atoms with van der Waals surface area (Å²) < 4.78 is 0. The third-order valence-corrected chi connectivity index (χ3v) is 4.45. The number of unbranched alkanes of at least 4 members (excludes halogenated alkanes) is 8. The smallest absolute Gasteiger partial charge is 0.303 e. The standard InChI is InChI=1S/C19H37NO3/c1-4-5-6-7-8-11-14-17(2)20(18(3)21)16-13-10-9-12-15-19(22)23/h17H,4-16H2,1-3H3,(H,22,23)/t17-/m1/s1. The zero-order valence-electron chi connectivity index (χ0n) is 15.5. The van der Waals surface area contributed by atoms with E-state index in [9.17, 15) is 9.59 Å². The highest BCUT2D eigenvalue weighted by Gasteiger charge is 2.15. The molecule has 4 nitrogen and oxygen atoms in total. The molecule has 0 aromatic rings. The number of amides is 1. The van der Waals surface area contributed by atoms with E-state index in [0.717, 1.165) is 38.6 Å². The van der Waals surface area contributed by atoms with Gasteiger partial charge in [0.25, 0.3) is 0 Å². The molecule has 0 aliphatic carbocycles. The molecule has 0 unspecified atom stereocenters. The number of carboxylic acid groups (broad SMARTS) is 1. The maximum absolute atomic E-state index is 11.8. The number of nitrogens with zero attached hydrogens (tertiary/aromatic N) is 1. The molecule has 1 amide bonds. The average molecular weight is 328 g/mol. The van der Waals surface area contributed by atoms with Gasteiger partial charge in [0.2, 0.25) is 5.91 Å². The molecular formula is C19H37NO3. The third kappa shape index (κ3) is 13.1. The van der Waals surface area contributed by atoms with Crippen molar-refractivity contribution < 1.29 is 14.7 Å². The number of carbonyl (C=O) groups excluding carboxylic acids is 1. The molecule has 0 spiro atoms. The van der Waals surface area contributed by atoms with Crippen molar-refractivity contribution in [2.75, 3.05) is 6.54 Å². The highest BCUT2D eigenvalue weighted by atomic mass is 16.4. The molecule has 0 saturated heterocycles. The van der Waals surface area contributed by atoms with Gasteiger partial charge in [0.05, 0.1) is 0 Å². The monoisotopic (exact) mass is 327 g/mol. The van der Waals surface area contributed by atoms with Crippen LogP contribution in [0, 0.1) is 0 Å². The fourth-order valence-electron chi connectivity index (χ4n) is 2.98. The first-order valence-electron chi connectivity index (χ1n) is 9.48. The molecule has 1 atom stereocenters. The van der Waals surface area contributed by atoms with Gasteiger partial charge in [-0.25, -0.2) is 0 Å². The summed E-state index contributed by atoms with van der Waals surface area (Å²) in [4.78, 5) is 24.3. The van der Waals surface area contributed by atoms with Crippen LogP contribution in [0.15, 0.2) is 0 Å². The Morgan fingerprint density at radius 2 is 1.48 bits per heavy atom. The minimum absolute atomic E-state index is 0.161. The average Bonchev–Trinajstić information content (AvgIpc) is 2.49. The number of carbonyl (C=O) groups is 2. The fourth-order valence-corrected chi connectivity index (χ4v) is 2.98. The quantitative estimate of drug-likeness (QED) is 0.430. The van der Waals surface area contributed by atoms with Crippen LogP contribution < -0.4 is 0 Å². The van der Waals surface area contributed by atoms with Crippen LogP contribution in [0.5, 0.6) is 0 Å². The predicted molar refractivity (Wildman–Crippen MR) is 95.6 cm³/mol. The van der Waals surface area contributed by atoms with Gasteiger partial charge in [0, 0.05) is 25.9 Å². The van der Waals surface area contributed by atoms with Gasteiger partial charge < -0.3 is 10.0 Å². The summed E-state index contributed by atoms with van der Waals surface area (Å²) in [6.45, 7) is 6.84. The van der Waals surface area contributed by atoms with Crippen molar-refractivity contribution in [1.29, 1.82) is 0 Å². The van der Waals surface area contributed by atoms with Crippen LogP contribution in [0.2, 0.25) is 0 Å². The Hall–Kier alpha value is -1.06. The molecule has 0 aromatic carbocycles. The molecule has 0 fully saturated rings. The van der Waals surface area contributed by atoms with Crippen LogP contribution >= 0.6 is 0 Å². The summed E-state index contributed by atoms with van der Waals surface area (Å²) in [7, 11) is 0. The zero-order chi connectivity index (χ0) is 17.5. The first-order chi connectivity index (χ1) is 11.0. The van der Waals surface area contributed by atoms with E-state index in [1.807, 2.05) is 4.90 Å². The van der Waals surface area contributed by atoms with Gasteiger partial charge >= 0.3 is 5.97 Å². The molecule has 4 heteroatoms. The third-order valence-electron chi connectivity index (χ3n) is 4.45. The Morgan fingerprint density at radius 1 is 0.913 bits per heavy atom. The molecule has 0 aliphatic rings. The number of rotatable bonds is 15. The van der Waals surface area contributed by atoms with Gasteiger partial charge in [-0.3, -0.25) is 9.59 Å². The molecular weight excluding hydrogens is 290 g/mol. The van der Waals surface area contributed by atoms with Crippen LogP contribution in [0.25, 0.3) is 0 Å². The van der Waals surface area contributed by atoms with Crippen LogP contribution in [0.4, 0.5) is 0 Å². The molecule has 0 rings (SSSR count). The number of aliphatic carboxylic acids is 1. The molecule has 1 N–H and O–H groups in total. The van der Waals surface area contributed by atoms with Crippen molar-refractivity contribution in [3.63, 3.8) is 0 Å².